The highest BCUT2D eigenvalue weighted by molar-refractivity contribution is 5.94. The Bertz CT molecular complexity index is 334. The number of carbonyl (C=O) groups is 2. The molecule has 0 spiro atoms. The molecule has 0 aromatic heterocycles. The van der Waals surface area contributed by atoms with Crippen molar-refractivity contribution in [2.45, 2.75) is 19.9 Å². The molecule has 0 saturated heterocycles. The van der Waals surface area contributed by atoms with E-state index in [2.05, 4.69) is 0 Å². The van der Waals surface area contributed by atoms with Gasteiger partial charge < -0.3 is 14.4 Å². The monoisotopic (exact) mass is 242 g/mol. The lowest BCUT2D eigenvalue weighted by atomic mass is 10.2. The van der Waals surface area contributed by atoms with E-state index in [4.69, 9.17) is 9.47 Å². The molecule has 0 N–H and O–H groups in total. The van der Waals surface area contributed by atoms with Gasteiger partial charge in [-0.05, 0) is 13.8 Å². The summed E-state index contributed by atoms with van der Waals surface area (Å²) in [6.07, 6.45) is 1.86. The Kier molecular flexibility index (Phi) is 4.25. The van der Waals surface area contributed by atoms with Crippen LogP contribution in [0.1, 0.15) is 13.8 Å². The summed E-state index contributed by atoms with van der Waals surface area (Å²) in [5.41, 5.74) is 0.231. The standard InChI is InChI=1S/C11H18N2O4/c1-5-16-11(17-6-2)12(3)9(8-14)7-10(15)13(11)4/h7-8H,5-6H2,1-4H3. The molecule has 6 heteroatoms. The van der Waals surface area contributed by atoms with Crippen molar-refractivity contribution < 1.29 is 19.1 Å². The Morgan fingerprint density at radius 1 is 1.24 bits per heavy atom. The molecule has 0 unspecified atom stereocenters. The molecule has 6 nitrogen and oxygen atoms in total. The van der Waals surface area contributed by atoms with E-state index in [0.29, 0.717) is 19.5 Å². The smallest absolute Gasteiger partial charge is 0.315 e. The molecule has 17 heavy (non-hydrogen) atoms. The highest BCUT2D eigenvalue weighted by Crippen LogP contribution is 2.29. The summed E-state index contributed by atoms with van der Waals surface area (Å²) >= 11 is 0. The zero-order valence-electron chi connectivity index (χ0n) is 10.6. The molecule has 0 radical (unpaired) electrons. The molecular formula is C11H18N2O4. The fourth-order valence-corrected chi connectivity index (χ4v) is 1.77. The highest BCUT2D eigenvalue weighted by Gasteiger charge is 2.47. The van der Waals surface area contributed by atoms with Crippen molar-refractivity contribution in [3.05, 3.63) is 11.8 Å². The highest BCUT2D eigenvalue weighted by atomic mass is 16.7. The van der Waals surface area contributed by atoms with Crippen LogP contribution < -0.4 is 0 Å². The lowest BCUT2D eigenvalue weighted by molar-refractivity contribution is -0.363. The van der Waals surface area contributed by atoms with Crippen LogP contribution >= 0.6 is 0 Å². The summed E-state index contributed by atoms with van der Waals surface area (Å²) in [6, 6.07) is -1.34. The summed E-state index contributed by atoms with van der Waals surface area (Å²) in [6.45, 7) is 4.31. The number of likely N-dealkylation sites (N-methyl/N-ethyl adjacent to an activating group) is 2. The molecule has 0 bridgehead atoms. The third kappa shape index (κ3) is 2.18. The lowest BCUT2D eigenvalue weighted by Crippen LogP contribution is -2.65. The number of carbonyl (C=O) groups excluding carboxylic acids is 2. The minimum Gasteiger partial charge on any atom is -0.315 e. The Balaban J connectivity index is 3.20. The van der Waals surface area contributed by atoms with Gasteiger partial charge in [0, 0.05) is 20.2 Å². The van der Waals surface area contributed by atoms with Gasteiger partial charge in [-0.2, -0.15) is 0 Å². The van der Waals surface area contributed by atoms with Gasteiger partial charge in [-0.15, -0.1) is 0 Å². The number of nitrogens with zero attached hydrogens (tertiary/aromatic N) is 2. The largest absolute Gasteiger partial charge is 0.345 e. The second-order valence-electron chi connectivity index (χ2n) is 3.56. The topological polar surface area (TPSA) is 59.1 Å². The fourth-order valence-electron chi connectivity index (χ4n) is 1.77. The first-order chi connectivity index (χ1) is 8.03. The van der Waals surface area contributed by atoms with Crippen LogP contribution in [-0.4, -0.2) is 55.3 Å². The second-order valence-corrected chi connectivity index (χ2v) is 3.56. The van der Waals surface area contributed by atoms with E-state index in [0.717, 1.165) is 0 Å². The van der Waals surface area contributed by atoms with Gasteiger partial charge in [0.1, 0.15) is 0 Å². The molecule has 1 aliphatic heterocycles. The predicted molar refractivity (Wildman–Crippen MR) is 60.7 cm³/mol. The zero-order chi connectivity index (χ0) is 13.1. The Morgan fingerprint density at radius 2 is 1.76 bits per heavy atom. The number of rotatable bonds is 5. The van der Waals surface area contributed by atoms with Crippen LogP contribution in [0.2, 0.25) is 0 Å². The second kappa shape index (κ2) is 5.29. The summed E-state index contributed by atoms with van der Waals surface area (Å²) < 4.78 is 11.1. The summed E-state index contributed by atoms with van der Waals surface area (Å²) in [7, 11) is 3.22. The summed E-state index contributed by atoms with van der Waals surface area (Å²) in [4.78, 5) is 25.5. The Labute approximate surface area is 101 Å². The number of hydrogen-bond donors (Lipinski definition) is 0. The van der Waals surface area contributed by atoms with E-state index >= 15 is 0 Å². The number of allylic oxidation sites excluding steroid dienone is 1. The Hall–Kier alpha value is -1.40. The SMILES string of the molecule is CCOC1(OCC)N(C)C(=O)C=C(C=O)N1C. The van der Waals surface area contributed by atoms with Gasteiger partial charge in [0.05, 0.1) is 18.9 Å². The Morgan fingerprint density at radius 3 is 2.18 bits per heavy atom. The van der Waals surface area contributed by atoms with Crippen molar-refractivity contribution in [3.63, 3.8) is 0 Å². The van der Waals surface area contributed by atoms with Crippen molar-refractivity contribution >= 4 is 12.2 Å². The molecule has 0 saturated carbocycles. The number of hydrogen-bond acceptors (Lipinski definition) is 5. The minimum absolute atomic E-state index is 0.231. The van der Waals surface area contributed by atoms with Crippen LogP contribution in [0.5, 0.6) is 0 Å². The first-order valence-corrected chi connectivity index (χ1v) is 5.49. The molecule has 0 atom stereocenters. The van der Waals surface area contributed by atoms with Crippen molar-refractivity contribution in [1.82, 2.24) is 9.80 Å². The van der Waals surface area contributed by atoms with Gasteiger partial charge in [-0.3, -0.25) is 14.5 Å². The molecule has 0 fully saturated rings. The van der Waals surface area contributed by atoms with E-state index in [1.54, 1.807) is 27.9 Å². The normalized spacial score (nSPS) is 19.3. The fraction of sp³-hybridized carbons (Fsp3) is 0.636. The van der Waals surface area contributed by atoms with Crippen LogP contribution in [0, 0.1) is 0 Å². The molecule has 96 valence electrons. The molecule has 1 amide bonds. The summed E-state index contributed by atoms with van der Waals surface area (Å²) in [5, 5.41) is 0. The van der Waals surface area contributed by atoms with Gasteiger partial charge in [0.25, 0.3) is 5.91 Å². The zero-order valence-corrected chi connectivity index (χ0v) is 10.6. The van der Waals surface area contributed by atoms with Gasteiger partial charge in [0.15, 0.2) is 6.29 Å². The first kappa shape index (κ1) is 13.7. The molecule has 0 aromatic carbocycles. The van der Waals surface area contributed by atoms with Gasteiger partial charge >= 0.3 is 6.03 Å². The number of ether oxygens (including phenoxy) is 2. The predicted octanol–water partition coefficient (Wildman–Crippen LogP) is 0.157. The van der Waals surface area contributed by atoms with Crippen molar-refractivity contribution in [2.75, 3.05) is 27.3 Å². The molecule has 1 aliphatic rings. The average Bonchev–Trinajstić information content (AvgIpc) is 2.32. The van der Waals surface area contributed by atoms with Gasteiger partial charge in [0.2, 0.25) is 0 Å². The van der Waals surface area contributed by atoms with Gasteiger partial charge in [-0.1, -0.05) is 0 Å². The van der Waals surface area contributed by atoms with Crippen molar-refractivity contribution in [2.24, 2.45) is 0 Å². The third-order valence-corrected chi connectivity index (χ3v) is 2.62. The van der Waals surface area contributed by atoms with Crippen LogP contribution in [-0.2, 0) is 19.1 Å². The van der Waals surface area contributed by atoms with E-state index in [1.165, 1.54) is 15.9 Å². The molecule has 0 aliphatic carbocycles. The maximum Gasteiger partial charge on any atom is 0.345 e. The molecule has 1 heterocycles. The first-order valence-electron chi connectivity index (χ1n) is 5.49. The molecule has 0 aromatic rings. The quantitative estimate of drug-likeness (QED) is 0.507. The van der Waals surface area contributed by atoms with Crippen LogP contribution in [0.3, 0.4) is 0 Å². The minimum atomic E-state index is -1.34. The van der Waals surface area contributed by atoms with Crippen LogP contribution in [0.4, 0.5) is 0 Å². The van der Waals surface area contributed by atoms with E-state index in [-0.39, 0.29) is 11.6 Å². The van der Waals surface area contributed by atoms with Gasteiger partial charge in [-0.25, -0.2) is 0 Å². The van der Waals surface area contributed by atoms with Crippen molar-refractivity contribution in [1.29, 1.82) is 0 Å². The van der Waals surface area contributed by atoms with Crippen molar-refractivity contribution in [3.8, 4) is 0 Å². The number of aldehydes is 1. The van der Waals surface area contributed by atoms with E-state index < -0.39 is 6.03 Å². The summed E-state index contributed by atoms with van der Waals surface area (Å²) in [5.74, 6) is -0.327. The molecular weight excluding hydrogens is 224 g/mol. The third-order valence-electron chi connectivity index (χ3n) is 2.62. The molecule has 1 rings (SSSR count). The maximum absolute atomic E-state index is 11.8. The van der Waals surface area contributed by atoms with E-state index in [1.807, 2.05) is 0 Å². The lowest BCUT2D eigenvalue weighted by Gasteiger charge is -2.48. The van der Waals surface area contributed by atoms with Crippen LogP contribution in [0.15, 0.2) is 11.8 Å². The average molecular weight is 242 g/mol. The maximum atomic E-state index is 11.8. The number of amides is 1. The van der Waals surface area contributed by atoms with Crippen LogP contribution in [0.25, 0.3) is 0 Å². The van der Waals surface area contributed by atoms with E-state index in [9.17, 15) is 9.59 Å².